The Kier molecular flexibility index (Phi) is 6.80. The van der Waals surface area contributed by atoms with Crippen molar-refractivity contribution in [3.63, 3.8) is 0 Å². The molecule has 3 nitrogen and oxygen atoms in total. The van der Waals surface area contributed by atoms with E-state index in [2.05, 4.69) is 38.7 Å². The summed E-state index contributed by atoms with van der Waals surface area (Å²) in [6, 6.07) is 2.20. The Labute approximate surface area is 168 Å². The summed E-state index contributed by atoms with van der Waals surface area (Å²) in [5, 5.41) is 9.85. The van der Waals surface area contributed by atoms with Gasteiger partial charge in [0.05, 0.1) is 0 Å². The summed E-state index contributed by atoms with van der Waals surface area (Å²) in [5.41, 5.74) is 3.95. The summed E-state index contributed by atoms with van der Waals surface area (Å²) >= 11 is 1.50. The van der Waals surface area contributed by atoms with Crippen LogP contribution in [0.4, 0.5) is 0 Å². The average Bonchev–Trinajstić information content (AvgIpc) is 3.05. The Morgan fingerprint density at radius 1 is 1.30 bits per heavy atom. The minimum atomic E-state index is -0.757. The van der Waals surface area contributed by atoms with E-state index in [1.807, 2.05) is 0 Å². The van der Waals surface area contributed by atoms with Gasteiger partial charge in [-0.2, -0.15) is 0 Å². The second kappa shape index (κ2) is 8.91. The molecule has 3 rings (SSSR count). The molecule has 1 aliphatic heterocycles. The fourth-order valence-electron chi connectivity index (χ4n) is 4.74. The Hall–Kier alpha value is -1.13. The maximum atomic E-state index is 12.0. The zero-order valence-corrected chi connectivity index (χ0v) is 18.2. The van der Waals surface area contributed by atoms with Crippen molar-refractivity contribution in [3.8, 4) is 0 Å². The smallest absolute Gasteiger partial charge is 0.346 e. The van der Waals surface area contributed by atoms with Gasteiger partial charge in [0.1, 0.15) is 4.88 Å². The summed E-state index contributed by atoms with van der Waals surface area (Å²) in [7, 11) is 0. The molecule has 1 N–H and O–H groups in total. The fourth-order valence-corrected chi connectivity index (χ4v) is 5.97. The molecule has 150 valence electrons. The molecular formula is C23H35NO2S. The van der Waals surface area contributed by atoms with Gasteiger partial charge in [-0.1, -0.05) is 40.5 Å². The van der Waals surface area contributed by atoms with Gasteiger partial charge in [0.15, 0.2) is 0 Å². The van der Waals surface area contributed by atoms with Gasteiger partial charge >= 0.3 is 5.97 Å². The van der Waals surface area contributed by atoms with Crippen LogP contribution in [0.25, 0.3) is 5.57 Å². The zero-order chi connectivity index (χ0) is 19.6. The molecule has 0 atom stereocenters. The third-order valence-corrected chi connectivity index (χ3v) is 7.47. The van der Waals surface area contributed by atoms with Crippen molar-refractivity contribution in [1.29, 1.82) is 0 Å². The molecule has 1 saturated carbocycles. The molecule has 0 saturated heterocycles. The van der Waals surface area contributed by atoms with E-state index in [1.54, 1.807) is 5.57 Å². The third kappa shape index (κ3) is 4.83. The van der Waals surface area contributed by atoms with Gasteiger partial charge in [-0.05, 0) is 67.2 Å². The van der Waals surface area contributed by atoms with Crippen molar-refractivity contribution < 1.29 is 9.90 Å². The number of carbonyl (C=O) groups is 1. The van der Waals surface area contributed by atoms with Crippen molar-refractivity contribution >= 4 is 22.9 Å². The molecule has 2 heterocycles. The highest BCUT2D eigenvalue weighted by molar-refractivity contribution is 7.14. The number of rotatable bonds is 6. The van der Waals surface area contributed by atoms with Gasteiger partial charge in [0.2, 0.25) is 0 Å². The lowest BCUT2D eigenvalue weighted by Crippen LogP contribution is -2.34. The number of aromatic carboxylic acids is 1. The normalized spacial score (nSPS) is 24.6. The van der Waals surface area contributed by atoms with Crippen molar-refractivity contribution in [1.82, 2.24) is 4.90 Å². The highest BCUT2D eigenvalue weighted by Crippen LogP contribution is 2.42. The van der Waals surface area contributed by atoms with Crippen LogP contribution in [0.5, 0.6) is 0 Å². The highest BCUT2D eigenvalue weighted by Gasteiger charge is 2.30. The number of hydrogen-bond donors (Lipinski definition) is 1. The summed E-state index contributed by atoms with van der Waals surface area (Å²) < 4.78 is 0. The quantitative estimate of drug-likeness (QED) is 0.653. The van der Waals surface area contributed by atoms with Crippen LogP contribution in [0.15, 0.2) is 11.6 Å². The molecule has 2 aliphatic rings. The molecule has 1 fully saturated rings. The first kappa shape index (κ1) is 20.6. The van der Waals surface area contributed by atoms with Gasteiger partial charge in [0, 0.05) is 23.5 Å². The number of carboxylic acids is 1. The van der Waals surface area contributed by atoms with E-state index < -0.39 is 5.97 Å². The number of thiophene rings is 1. The van der Waals surface area contributed by atoms with Crippen molar-refractivity contribution in [2.45, 2.75) is 66.2 Å². The number of hydrogen-bond acceptors (Lipinski definition) is 3. The van der Waals surface area contributed by atoms with Crippen molar-refractivity contribution in [3.05, 3.63) is 27.0 Å². The summed E-state index contributed by atoms with van der Waals surface area (Å²) in [5.74, 6) is 1.27. The van der Waals surface area contributed by atoms with Gasteiger partial charge in [-0.15, -0.1) is 11.3 Å². The summed E-state index contributed by atoms with van der Waals surface area (Å²) in [6.07, 6.45) is 7.11. The standard InChI is InChI=1S/C23H35NO2S/c1-5-24-11-10-19(21(14-24)17-8-6-16(4)7-9-17)20-13-18(12-15(2)3)27-22(20)23(25)26/h13,15-17H,5-12,14H2,1-4H3,(H,25,26). The lowest BCUT2D eigenvalue weighted by Gasteiger charge is -2.36. The van der Waals surface area contributed by atoms with E-state index in [-0.39, 0.29) is 0 Å². The van der Waals surface area contributed by atoms with Crippen LogP contribution in [-0.4, -0.2) is 35.6 Å². The Morgan fingerprint density at radius 2 is 2.00 bits per heavy atom. The van der Waals surface area contributed by atoms with Crippen molar-refractivity contribution in [2.24, 2.45) is 17.8 Å². The fraction of sp³-hybridized carbons (Fsp3) is 0.696. The Balaban J connectivity index is 2.01. The van der Waals surface area contributed by atoms with Crippen LogP contribution in [0.2, 0.25) is 0 Å². The topological polar surface area (TPSA) is 40.5 Å². The number of carboxylic acid groups (broad SMARTS) is 1. The maximum Gasteiger partial charge on any atom is 0.346 e. The molecule has 0 unspecified atom stereocenters. The van der Waals surface area contributed by atoms with Crippen LogP contribution >= 0.6 is 11.3 Å². The van der Waals surface area contributed by atoms with Crippen LogP contribution in [0.1, 0.15) is 79.9 Å². The molecule has 1 aromatic heterocycles. The van der Waals surface area contributed by atoms with Crippen molar-refractivity contribution in [2.75, 3.05) is 19.6 Å². The molecule has 1 aliphatic carbocycles. The minimum absolute atomic E-state index is 0.549. The van der Waals surface area contributed by atoms with Gasteiger partial charge in [0.25, 0.3) is 0 Å². The second-order valence-electron chi connectivity index (χ2n) is 8.94. The van der Waals surface area contributed by atoms with Crippen LogP contribution < -0.4 is 0 Å². The molecule has 0 radical (unpaired) electrons. The van der Waals surface area contributed by atoms with E-state index in [1.165, 1.54) is 47.5 Å². The molecule has 0 aromatic carbocycles. The summed E-state index contributed by atoms with van der Waals surface area (Å²) in [4.78, 5) is 16.3. The van der Waals surface area contributed by atoms with Gasteiger partial charge in [-0.25, -0.2) is 4.79 Å². The predicted molar refractivity (Wildman–Crippen MR) is 115 cm³/mol. The van der Waals surface area contributed by atoms with Gasteiger partial charge < -0.3 is 5.11 Å². The van der Waals surface area contributed by atoms with Crippen LogP contribution in [0.3, 0.4) is 0 Å². The summed E-state index contributed by atoms with van der Waals surface area (Å²) in [6.45, 7) is 12.2. The van der Waals surface area contributed by atoms with E-state index in [0.717, 1.165) is 44.0 Å². The molecule has 27 heavy (non-hydrogen) atoms. The van der Waals surface area contributed by atoms with E-state index in [9.17, 15) is 9.90 Å². The Morgan fingerprint density at radius 3 is 2.59 bits per heavy atom. The third-order valence-electron chi connectivity index (χ3n) is 6.33. The first-order valence-corrected chi connectivity index (χ1v) is 11.5. The second-order valence-corrected chi connectivity index (χ2v) is 10.1. The molecule has 4 heteroatoms. The van der Waals surface area contributed by atoms with Gasteiger partial charge in [-0.3, -0.25) is 4.90 Å². The number of likely N-dealkylation sites (N-methyl/N-ethyl adjacent to an activating group) is 1. The first-order valence-electron chi connectivity index (χ1n) is 10.7. The largest absolute Gasteiger partial charge is 0.477 e. The average molecular weight is 390 g/mol. The van der Waals surface area contributed by atoms with Crippen LogP contribution in [0, 0.1) is 17.8 Å². The molecule has 0 spiro atoms. The van der Waals surface area contributed by atoms with E-state index in [0.29, 0.717) is 16.7 Å². The first-order chi connectivity index (χ1) is 12.9. The molecule has 0 bridgehead atoms. The SMILES string of the molecule is CCN1CCC(c2cc(CC(C)C)sc2C(=O)O)=C(C2CCC(C)CC2)C1. The lowest BCUT2D eigenvalue weighted by molar-refractivity contribution is 0.0702. The molecule has 1 aromatic rings. The Bertz CT molecular complexity index is 695. The molecular weight excluding hydrogens is 354 g/mol. The van der Waals surface area contributed by atoms with Crippen LogP contribution in [-0.2, 0) is 6.42 Å². The predicted octanol–water partition coefficient (Wildman–Crippen LogP) is 5.95. The van der Waals surface area contributed by atoms with E-state index >= 15 is 0 Å². The molecule has 0 amide bonds. The van der Waals surface area contributed by atoms with E-state index in [4.69, 9.17) is 0 Å². The lowest BCUT2D eigenvalue weighted by atomic mass is 9.75. The highest BCUT2D eigenvalue weighted by atomic mass is 32.1. The number of nitrogens with zero attached hydrogens (tertiary/aromatic N) is 1. The zero-order valence-electron chi connectivity index (χ0n) is 17.4. The minimum Gasteiger partial charge on any atom is -0.477 e. The maximum absolute atomic E-state index is 12.0. The monoisotopic (exact) mass is 389 g/mol.